The number of para-hydroxylation sites is 1. The highest BCUT2D eigenvalue weighted by Crippen LogP contribution is 2.21. The first-order chi connectivity index (χ1) is 13.6. The molecule has 0 aliphatic rings. The van der Waals surface area contributed by atoms with E-state index in [4.69, 9.17) is 0 Å². The molecule has 0 aliphatic carbocycles. The fourth-order valence-electron chi connectivity index (χ4n) is 3.02. The topological polar surface area (TPSA) is 72.2 Å². The standard InChI is InChI=1S/C22H19N5O/c1-15-6-5-9-20(16(15)2)27-21(28)18-7-3-4-8-19(18)25-22(27)26-24-14-17-10-12-23-13-11-17/h3-14H,1-2H3,(H,25,26)/b24-14-. The Hall–Kier alpha value is -3.80. The number of aryl methyl sites for hydroxylation is 1. The highest BCUT2D eigenvalue weighted by Gasteiger charge is 2.14. The summed E-state index contributed by atoms with van der Waals surface area (Å²) in [6.07, 6.45) is 5.06. The van der Waals surface area contributed by atoms with E-state index in [1.807, 2.05) is 62.4 Å². The summed E-state index contributed by atoms with van der Waals surface area (Å²) in [7, 11) is 0. The smallest absolute Gasteiger partial charge is 0.267 e. The summed E-state index contributed by atoms with van der Waals surface area (Å²) < 4.78 is 1.58. The molecule has 0 bridgehead atoms. The lowest BCUT2D eigenvalue weighted by Gasteiger charge is -2.15. The Morgan fingerprint density at radius 1 is 1.00 bits per heavy atom. The van der Waals surface area contributed by atoms with Crippen LogP contribution >= 0.6 is 0 Å². The number of anilines is 1. The van der Waals surface area contributed by atoms with Crippen LogP contribution in [0.1, 0.15) is 16.7 Å². The minimum Gasteiger partial charge on any atom is -0.268 e. The van der Waals surface area contributed by atoms with E-state index in [1.54, 1.807) is 29.2 Å². The predicted molar refractivity (Wildman–Crippen MR) is 112 cm³/mol. The molecule has 0 aliphatic heterocycles. The summed E-state index contributed by atoms with van der Waals surface area (Å²) in [5.74, 6) is 0.364. The Balaban J connectivity index is 1.88. The summed E-state index contributed by atoms with van der Waals surface area (Å²) >= 11 is 0. The molecule has 0 radical (unpaired) electrons. The Morgan fingerprint density at radius 2 is 1.79 bits per heavy atom. The quantitative estimate of drug-likeness (QED) is 0.438. The van der Waals surface area contributed by atoms with Crippen LogP contribution in [0.25, 0.3) is 16.6 Å². The van der Waals surface area contributed by atoms with Crippen LogP contribution in [-0.2, 0) is 0 Å². The van der Waals surface area contributed by atoms with Crippen LogP contribution in [0.3, 0.4) is 0 Å². The van der Waals surface area contributed by atoms with Crippen molar-refractivity contribution in [3.63, 3.8) is 0 Å². The lowest BCUT2D eigenvalue weighted by atomic mass is 10.1. The van der Waals surface area contributed by atoms with Crippen LogP contribution in [0.2, 0.25) is 0 Å². The van der Waals surface area contributed by atoms with E-state index < -0.39 is 0 Å². The molecule has 0 unspecified atom stereocenters. The molecule has 0 spiro atoms. The third-order valence-corrected chi connectivity index (χ3v) is 4.68. The van der Waals surface area contributed by atoms with Gasteiger partial charge in [0.05, 0.1) is 22.8 Å². The van der Waals surface area contributed by atoms with E-state index in [0.717, 1.165) is 22.4 Å². The minimum atomic E-state index is -0.138. The summed E-state index contributed by atoms with van der Waals surface area (Å²) in [4.78, 5) is 21.9. The van der Waals surface area contributed by atoms with Crippen LogP contribution in [-0.4, -0.2) is 20.7 Å². The number of nitrogens with zero attached hydrogens (tertiary/aromatic N) is 4. The first kappa shape index (κ1) is 17.6. The molecule has 4 rings (SSSR count). The van der Waals surface area contributed by atoms with Gasteiger partial charge in [0.25, 0.3) is 5.56 Å². The molecule has 0 saturated heterocycles. The Labute approximate surface area is 162 Å². The summed E-state index contributed by atoms with van der Waals surface area (Å²) in [5.41, 5.74) is 7.22. The molecule has 0 amide bonds. The summed E-state index contributed by atoms with van der Waals surface area (Å²) in [6.45, 7) is 4.02. The maximum absolute atomic E-state index is 13.3. The fourth-order valence-corrected chi connectivity index (χ4v) is 3.02. The molecule has 6 nitrogen and oxygen atoms in total. The lowest BCUT2D eigenvalue weighted by Crippen LogP contribution is -2.23. The van der Waals surface area contributed by atoms with Crippen molar-refractivity contribution in [1.29, 1.82) is 0 Å². The van der Waals surface area contributed by atoms with Crippen LogP contribution in [0.4, 0.5) is 5.95 Å². The van der Waals surface area contributed by atoms with Gasteiger partial charge in [0.1, 0.15) is 0 Å². The minimum absolute atomic E-state index is 0.138. The van der Waals surface area contributed by atoms with Crippen molar-refractivity contribution in [3.05, 3.63) is 94.0 Å². The Morgan fingerprint density at radius 3 is 2.61 bits per heavy atom. The summed E-state index contributed by atoms with van der Waals surface area (Å²) in [5, 5.41) is 4.84. The molecule has 0 fully saturated rings. The maximum Gasteiger partial charge on any atom is 0.267 e. The van der Waals surface area contributed by atoms with Gasteiger partial charge in [-0.25, -0.2) is 15.0 Å². The third kappa shape index (κ3) is 3.27. The van der Waals surface area contributed by atoms with Gasteiger partial charge in [0, 0.05) is 12.4 Å². The first-order valence-corrected chi connectivity index (χ1v) is 8.92. The van der Waals surface area contributed by atoms with Crippen LogP contribution in [0.5, 0.6) is 0 Å². The molecule has 28 heavy (non-hydrogen) atoms. The number of hydrazone groups is 1. The lowest BCUT2D eigenvalue weighted by molar-refractivity contribution is 0.944. The van der Waals surface area contributed by atoms with E-state index in [9.17, 15) is 4.79 Å². The van der Waals surface area contributed by atoms with Gasteiger partial charge >= 0.3 is 0 Å². The Bertz CT molecular complexity index is 1230. The number of pyridine rings is 1. The number of rotatable bonds is 4. The summed E-state index contributed by atoms with van der Waals surface area (Å²) in [6, 6.07) is 16.9. The molecule has 2 heterocycles. The fraction of sp³-hybridized carbons (Fsp3) is 0.0909. The van der Waals surface area contributed by atoms with Gasteiger partial charge < -0.3 is 0 Å². The third-order valence-electron chi connectivity index (χ3n) is 4.68. The zero-order chi connectivity index (χ0) is 19.5. The number of aromatic nitrogens is 3. The zero-order valence-electron chi connectivity index (χ0n) is 15.6. The van der Waals surface area contributed by atoms with Gasteiger partial charge in [0.2, 0.25) is 5.95 Å². The van der Waals surface area contributed by atoms with Crippen molar-refractivity contribution >= 4 is 23.1 Å². The second kappa shape index (κ2) is 7.44. The van der Waals surface area contributed by atoms with E-state index in [0.29, 0.717) is 16.9 Å². The zero-order valence-corrected chi connectivity index (χ0v) is 15.6. The average molecular weight is 369 g/mol. The van der Waals surface area contributed by atoms with Crippen molar-refractivity contribution in [2.24, 2.45) is 5.10 Å². The molecule has 0 atom stereocenters. The van der Waals surface area contributed by atoms with Gasteiger partial charge in [-0.15, -0.1) is 0 Å². The average Bonchev–Trinajstić information content (AvgIpc) is 2.72. The number of hydrogen-bond donors (Lipinski definition) is 1. The monoisotopic (exact) mass is 369 g/mol. The van der Waals surface area contributed by atoms with Crippen LogP contribution < -0.4 is 11.0 Å². The van der Waals surface area contributed by atoms with Crippen LogP contribution in [0, 0.1) is 13.8 Å². The van der Waals surface area contributed by atoms with Gasteiger partial charge in [-0.3, -0.25) is 9.78 Å². The SMILES string of the molecule is Cc1cccc(-n2c(N/N=C\c3ccncc3)nc3ccccc3c2=O)c1C. The van der Waals surface area contributed by atoms with E-state index in [1.165, 1.54) is 0 Å². The Kier molecular flexibility index (Phi) is 4.68. The van der Waals surface area contributed by atoms with Crippen molar-refractivity contribution in [1.82, 2.24) is 14.5 Å². The highest BCUT2D eigenvalue weighted by atomic mass is 16.1. The van der Waals surface area contributed by atoms with Gasteiger partial charge in [-0.2, -0.15) is 5.10 Å². The molecule has 2 aromatic heterocycles. The van der Waals surface area contributed by atoms with E-state index in [-0.39, 0.29) is 5.56 Å². The maximum atomic E-state index is 13.3. The second-order valence-corrected chi connectivity index (χ2v) is 6.46. The number of fused-ring (bicyclic) bond motifs is 1. The van der Waals surface area contributed by atoms with E-state index >= 15 is 0 Å². The molecular formula is C22H19N5O. The van der Waals surface area contributed by atoms with Crippen molar-refractivity contribution < 1.29 is 0 Å². The first-order valence-electron chi connectivity index (χ1n) is 8.92. The normalized spacial score (nSPS) is 11.2. The van der Waals surface area contributed by atoms with Crippen molar-refractivity contribution in [3.8, 4) is 5.69 Å². The molecule has 2 aromatic carbocycles. The van der Waals surface area contributed by atoms with E-state index in [2.05, 4.69) is 20.5 Å². The molecule has 4 aromatic rings. The number of nitrogens with one attached hydrogen (secondary N) is 1. The number of hydrogen-bond acceptors (Lipinski definition) is 5. The van der Waals surface area contributed by atoms with Crippen molar-refractivity contribution in [2.45, 2.75) is 13.8 Å². The van der Waals surface area contributed by atoms with Gasteiger partial charge in [-0.05, 0) is 60.9 Å². The van der Waals surface area contributed by atoms with Crippen molar-refractivity contribution in [2.75, 3.05) is 5.43 Å². The van der Waals surface area contributed by atoms with Gasteiger partial charge in [-0.1, -0.05) is 24.3 Å². The predicted octanol–water partition coefficient (Wildman–Crippen LogP) is 3.84. The molecule has 138 valence electrons. The van der Waals surface area contributed by atoms with Crippen LogP contribution in [0.15, 0.2) is 76.9 Å². The van der Waals surface area contributed by atoms with Gasteiger partial charge in [0.15, 0.2) is 0 Å². The molecular weight excluding hydrogens is 350 g/mol. The number of benzene rings is 2. The second-order valence-electron chi connectivity index (χ2n) is 6.46. The molecule has 1 N–H and O–H groups in total. The molecule has 6 heteroatoms. The highest BCUT2D eigenvalue weighted by molar-refractivity contribution is 5.81. The largest absolute Gasteiger partial charge is 0.268 e. The molecule has 0 saturated carbocycles.